The van der Waals surface area contributed by atoms with Gasteiger partial charge in [0.05, 0.1) is 33.3 Å². The van der Waals surface area contributed by atoms with Crippen molar-refractivity contribution in [1.82, 2.24) is 9.80 Å². The third-order valence-corrected chi connectivity index (χ3v) is 11.9. The van der Waals surface area contributed by atoms with E-state index in [0.717, 1.165) is 5.56 Å². The van der Waals surface area contributed by atoms with E-state index in [1.165, 1.54) is 12.0 Å². The highest BCUT2D eigenvalue weighted by molar-refractivity contribution is 6.74. The average molecular weight is 477 g/mol. The maximum Gasteiger partial charge on any atom is 0.328 e. The highest BCUT2D eigenvalue weighted by atomic mass is 28.4. The minimum Gasteiger partial charge on any atom is -0.497 e. The zero-order chi connectivity index (χ0) is 24.6. The Bertz CT molecular complexity index is 903. The Labute approximate surface area is 197 Å². The van der Waals surface area contributed by atoms with Crippen molar-refractivity contribution in [2.45, 2.75) is 63.8 Å². The lowest BCUT2D eigenvalue weighted by Gasteiger charge is -2.46. The Morgan fingerprint density at radius 2 is 1.73 bits per heavy atom. The van der Waals surface area contributed by atoms with Crippen LogP contribution in [0.25, 0.3) is 0 Å². The third-order valence-electron chi connectivity index (χ3n) is 7.41. The number of urea groups is 1. The van der Waals surface area contributed by atoms with Gasteiger partial charge in [0.25, 0.3) is 5.91 Å². The molecule has 0 N–H and O–H groups in total. The number of ether oxygens (including phenoxy) is 2. The van der Waals surface area contributed by atoms with Gasteiger partial charge in [-0.15, -0.1) is 0 Å². The molecule has 9 heteroatoms. The predicted molar refractivity (Wildman–Crippen MR) is 126 cm³/mol. The first-order valence-corrected chi connectivity index (χ1v) is 14.3. The van der Waals surface area contributed by atoms with Crippen molar-refractivity contribution < 1.29 is 28.3 Å². The van der Waals surface area contributed by atoms with Gasteiger partial charge in [0.2, 0.25) is 0 Å². The van der Waals surface area contributed by atoms with Crippen molar-refractivity contribution in [3.63, 3.8) is 0 Å². The van der Waals surface area contributed by atoms with E-state index in [2.05, 4.69) is 33.9 Å². The van der Waals surface area contributed by atoms with Crippen molar-refractivity contribution >= 4 is 26.2 Å². The van der Waals surface area contributed by atoms with Gasteiger partial charge in [-0.1, -0.05) is 32.9 Å². The summed E-state index contributed by atoms with van der Waals surface area (Å²) in [4.78, 5) is 41.8. The first-order valence-electron chi connectivity index (χ1n) is 11.3. The molecule has 0 atom stereocenters. The molecule has 3 amide bonds. The third kappa shape index (κ3) is 4.66. The van der Waals surface area contributed by atoms with E-state index in [1.807, 2.05) is 12.1 Å². The van der Waals surface area contributed by atoms with Gasteiger partial charge in [0.1, 0.15) is 11.3 Å². The zero-order valence-electron chi connectivity index (χ0n) is 20.8. The van der Waals surface area contributed by atoms with Crippen molar-refractivity contribution in [3.05, 3.63) is 29.8 Å². The number of hydrogen-bond acceptors (Lipinski definition) is 6. The van der Waals surface area contributed by atoms with E-state index >= 15 is 0 Å². The molecule has 1 saturated carbocycles. The standard InChI is InChI=1S/C24H36N2O6Si/c1-23(2,3)33(6,7)32-13-12-26-22(29)25(16-17-8-10-19(30-4)11-9-17)21(28)24(26)14-18(15-24)20(27)31-5/h8-11,18H,12-16H2,1-7H3. The molecule has 1 aliphatic heterocycles. The number of imide groups is 1. The largest absolute Gasteiger partial charge is 0.497 e. The maximum absolute atomic E-state index is 13.5. The molecule has 0 bridgehead atoms. The summed E-state index contributed by atoms with van der Waals surface area (Å²) in [5.41, 5.74) is -0.171. The van der Waals surface area contributed by atoms with Gasteiger partial charge in [0.15, 0.2) is 8.32 Å². The molecule has 1 aromatic rings. The van der Waals surface area contributed by atoms with Crippen LogP contribution in [-0.2, 0) is 25.3 Å². The van der Waals surface area contributed by atoms with Crippen LogP contribution in [-0.4, -0.2) is 68.9 Å². The fourth-order valence-corrected chi connectivity index (χ4v) is 5.27. The van der Waals surface area contributed by atoms with Gasteiger partial charge in [0, 0.05) is 6.54 Å². The van der Waals surface area contributed by atoms with Crippen molar-refractivity contribution in [2.24, 2.45) is 5.92 Å². The summed E-state index contributed by atoms with van der Waals surface area (Å²) in [6, 6.07) is 6.95. The number of benzene rings is 1. The number of rotatable bonds is 8. The summed E-state index contributed by atoms with van der Waals surface area (Å²) in [7, 11) is 0.930. The van der Waals surface area contributed by atoms with Gasteiger partial charge >= 0.3 is 12.0 Å². The molecule has 33 heavy (non-hydrogen) atoms. The second-order valence-electron chi connectivity index (χ2n) is 10.4. The minimum absolute atomic E-state index is 0.0440. The molecule has 8 nitrogen and oxygen atoms in total. The highest BCUT2D eigenvalue weighted by Gasteiger charge is 2.64. The molecule has 1 heterocycles. The quantitative estimate of drug-likeness (QED) is 0.322. The molecule has 0 aromatic heterocycles. The molecule has 0 radical (unpaired) electrons. The van der Waals surface area contributed by atoms with Crippen molar-refractivity contribution in [2.75, 3.05) is 27.4 Å². The van der Waals surface area contributed by atoms with E-state index in [-0.39, 0.29) is 48.3 Å². The number of carbonyl (C=O) groups excluding carboxylic acids is 3. The van der Waals surface area contributed by atoms with Crippen LogP contribution >= 0.6 is 0 Å². The summed E-state index contributed by atoms with van der Waals surface area (Å²) in [5.74, 6) is -0.266. The van der Waals surface area contributed by atoms with Crippen LogP contribution in [0.3, 0.4) is 0 Å². The molecule has 182 valence electrons. The van der Waals surface area contributed by atoms with Gasteiger partial charge in [-0.25, -0.2) is 4.79 Å². The maximum atomic E-state index is 13.5. The van der Waals surface area contributed by atoms with Crippen molar-refractivity contribution in [3.8, 4) is 5.75 Å². The van der Waals surface area contributed by atoms with Crippen LogP contribution in [0, 0.1) is 5.92 Å². The second kappa shape index (κ2) is 9.10. The Morgan fingerprint density at radius 1 is 1.12 bits per heavy atom. The van der Waals surface area contributed by atoms with Gasteiger partial charge in [-0.05, 0) is 48.7 Å². The lowest BCUT2D eigenvalue weighted by atomic mass is 9.67. The van der Waals surface area contributed by atoms with Gasteiger partial charge in [-0.3, -0.25) is 14.5 Å². The number of carbonyl (C=O) groups is 3. The zero-order valence-corrected chi connectivity index (χ0v) is 21.8. The molecule has 1 aliphatic carbocycles. The van der Waals surface area contributed by atoms with E-state index in [9.17, 15) is 14.4 Å². The topological polar surface area (TPSA) is 85.4 Å². The van der Waals surface area contributed by atoms with E-state index in [0.29, 0.717) is 18.9 Å². The fourth-order valence-electron chi connectivity index (χ4n) is 4.24. The van der Waals surface area contributed by atoms with E-state index < -0.39 is 13.9 Å². The van der Waals surface area contributed by atoms with Crippen molar-refractivity contribution in [1.29, 1.82) is 0 Å². The first kappa shape index (κ1) is 25.2. The Balaban J connectivity index is 1.78. The normalized spacial score (nSPS) is 23.2. The molecule has 3 rings (SSSR count). The van der Waals surface area contributed by atoms with Crippen LogP contribution in [0.4, 0.5) is 4.79 Å². The summed E-state index contributed by atoms with van der Waals surface area (Å²) >= 11 is 0. The molecule has 1 aromatic carbocycles. The average Bonchev–Trinajstić information content (AvgIpc) is 2.93. The smallest absolute Gasteiger partial charge is 0.328 e. The highest BCUT2D eigenvalue weighted by Crippen LogP contribution is 2.48. The molecule has 2 aliphatic rings. The number of esters is 1. The van der Waals surface area contributed by atoms with E-state index in [1.54, 1.807) is 24.1 Å². The minimum atomic E-state index is -2.00. The number of hydrogen-bond donors (Lipinski definition) is 0. The molecule has 0 unspecified atom stereocenters. The summed E-state index contributed by atoms with van der Waals surface area (Å²) < 4.78 is 16.3. The first-order chi connectivity index (χ1) is 15.4. The summed E-state index contributed by atoms with van der Waals surface area (Å²) in [5, 5.41) is 0.0440. The molecular weight excluding hydrogens is 440 g/mol. The Kier molecular flexibility index (Phi) is 6.96. The molecule has 1 saturated heterocycles. The molecule has 2 fully saturated rings. The second-order valence-corrected chi connectivity index (χ2v) is 15.3. The van der Waals surface area contributed by atoms with Crippen LogP contribution in [0.15, 0.2) is 24.3 Å². The Hall–Kier alpha value is -2.39. The van der Waals surface area contributed by atoms with Gasteiger partial charge < -0.3 is 18.8 Å². The lowest BCUT2D eigenvalue weighted by Crippen LogP contribution is -2.61. The summed E-state index contributed by atoms with van der Waals surface area (Å²) in [6.45, 7) is 11.6. The SMILES string of the molecule is COC(=O)C1CC2(C1)C(=O)N(Cc1ccc(OC)cc1)C(=O)N2CCO[Si](C)(C)C(C)(C)C. The van der Waals surface area contributed by atoms with Crippen LogP contribution in [0.5, 0.6) is 5.75 Å². The monoisotopic (exact) mass is 476 g/mol. The fraction of sp³-hybridized carbons (Fsp3) is 0.625. The number of methoxy groups -OCH3 is 2. The Morgan fingerprint density at radius 3 is 2.24 bits per heavy atom. The van der Waals surface area contributed by atoms with E-state index in [4.69, 9.17) is 13.9 Å². The lowest BCUT2D eigenvalue weighted by molar-refractivity contribution is -0.158. The molecule has 1 spiro atoms. The van der Waals surface area contributed by atoms with Crippen LogP contribution in [0.2, 0.25) is 18.1 Å². The van der Waals surface area contributed by atoms with Crippen LogP contribution < -0.4 is 4.74 Å². The van der Waals surface area contributed by atoms with Gasteiger partial charge in [-0.2, -0.15) is 0 Å². The molecular formula is C24H36N2O6Si. The summed E-state index contributed by atoms with van der Waals surface area (Å²) in [6.07, 6.45) is 0.562. The predicted octanol–water partition coefficient (Wildman–Crippen LogP) is 3.80. The number of nitrogens with zero attached hydrogens (tertiary/aromatic N) is 2. The number of amides is 3. The van der Waals surface area contributed by atoms with Crippen LogP contribution in [0.1, 0.15) is 39.2 Å².